The van der Waals surface area contributed by atoms with Crippen molar-refractivity contribution >= 4 is 23.4 Å². The minimum absolute atomic E-state index is 0.173. The summed E-state index contributed by atoms with van der Waals surface area (Å²) >= 11 is 0. The van der Waals surface area contributed by atoms with E-state index in [1.165, 1.54) is 0 Å². The van der Waals surface area contributed by atoms with Crippen LogP contribution in [0.1, 0.15) is 45.8 Å². The molecule has 0 spiro atoms. The van der Waals surface area contributed by atoms with E-state index in [9.17, 15) is 14.4 Å². The zero-order valence-corrected chi connectivity index (χ0v) is 15.3. The molecule has 1 atom stereocenters. The first-order valence-electron chi connectivity index (χ1n) is 9.00. The molecule has 2 aliphatic heterocycles. The van der Waals surface area contributed by atoms with Gasteiger partial charge in [-0.15, -0.1) is 0 Å². The van der Waals surface area contributed by atoms with E-state index in [4.69, 9.17) is 4.42 Å². The van der Waals surface area contributed by atoms with Crippen LogP contribution in [0.4, 0.5) is 5.69 Å². The molecule has 0 aliphatic carbocycles. The zero-order valence-electron chi connectivity index (χ0n) is 15.3. The Bertz CT molecular complexity index is 927. The number of furan rings is 1. The van der Waals surface area contributed by atoms with Gasteiger partial charge in [0.2, 0.25) is 11.8 Å². The second kappa shape index (κ2) is 6.57. The van der Waals surface area contributed by atoms with Crippen LogP contribution in [-0.2, 0) is 22.7 Å². The maximum atomic E-state index is 12.8. The number of rotatable bonds is 4. The van der Waals surface area contributed by atoms with Crippen LogP contribution >= 0.6 is 0 Å². The SMILES string of the molecule is Cc1cc(CNc2cccc3c2CN(C2CCC(=O)NC2=O)C3=O)oc1C. The van der Waals surface area contributed by atoms with E-state index in [0.29, 0.717) is 25.1 Å². The van der Waals surface area contributed by atoms with Gasteiger partial charge in [0.25, 0.3) is 5.91 Å². The summed E-state index contributed by atoms with van der Waals surface area (Å²) in [4.78, 5) is 37.9. The molecule has 0 saturated carbocycles. The van der Waals surface area contributed by atoms with Crippen molar-refractivity contribution in [3.05, 3.63) is 52.5 Å². The largest absolute Gasteiger partial charge is 0.464 e. The molecule has 3 heterocycles. The lowest BCUT2D eigenvalue weighted by Crippen LogP contribution is -2.52. The van der Waals surface area contributed by atoms with E-state index in [2.05, 4.69) is 10.6 Å². The van der Waals surface area contributed by atoms with Gasteiger partial charge in [0, 0.05) is 29.8 Å². The molecular formula is C20H21N3O4. The van der Waals surface area contributed by atoms with Gasteiger partial charge in [0.05, 0.1) is 6.54 Å². The van der Waals surface area contributed by atoms with Gasteiger partial charge in [-0.25, -0.2) is 0 Å². The lowest BCUT2D eigenvalue weighted by atomic mass is 10.0. The Balaban J connectivity index is 1.53. The van der Waals surface area contributed by atoms with Crippen molar-refractivity contribution in [1.82, 2.24) is 10.2 Å². The third-order valence-corrected chi connectivity index (χ3v) is 5.25. The van der Waals surface area contributed by atoms with Crippen LogP contribution < -0.4 is 10.6 Å². The molecule has 4 rings (SSSR count). The molecule has 0 radical (unpaired) electrons. The lowest BCUT2D eigenvalue weighted by molar-refractivity contribution is -0.136. The highest BCUT2D eigenvalue weighted by atomic mass is 16.3. The van der Waals surface area contributed by atoms with Crippen molar-refractivity contribution in [3.8, 4) is 0 Å². The number of amides is 3. The average Bonchev–Trinajstić information content (AvgIpc) is 3.13. The fraction of sp³-hybridized carbons (Fsp3) is 0.350. The average molecular weight is 367 g/mol. The molecule has 140 valence electrons. The van der Waals surface area contributed by atoms with Crippen molar-refractivity contribution < 1.29 is 18.8 Å². The first kappa shape index (κ1) is 17.3. The van der Waals surface area contributed by atoms with Gasteiger partial charge in [-0.1, -0.05) is 6.07 Å². The molecule has 2 N–H and O–H groups in total. The molecule has 2 aromatic rings. The summed E-state index contributed by atoms with van der Waals surface area (Å²) in [6.07, 6.45) is 0.608. The fourth-order valence-corrected chi connectivity index (χ4v) is 3.67. The van der Waals surface area contributed by atoms with Crippen LogP contribution in [0, 0.1) is 13.8 Å². The van der Waals surface area contributed by atoms with Crippen LogP contribution in [0.3, 0.4) is 0 Å². The molecule has 1 saturated heterocycles. The number of aryl methyl sites for hydroxylation is 2. The predicted octanol–water partition coefficient (Wildman–Crippen LogP) is 2.27. The number of benzene rings is 1. The third kappa shape index (κ3) is 3.09. The Morgan fingerprint density at radius 1 is 1.26 bits per heavy atom. The van der Waals surface area contributed by atoms with E-state index in [0.717, 1.165) is 28.3 Å². The second-order valence-corrected chi connectivity index (χ2v) is 7.04. The van der Waals surface area contributed by atoms with Crippen molar-refractivity contribution in [2.45, 2.75) is 45.8 Å². The molecule has 3 amide bonds. The third-order valence-electron chi connectivity index (χ3n) is 5.25. The number of nitrogens with one attached hydrogen (secondary N) is 2. The number of hydrogen-bond donors (Lipinski definition) is 2. The van der Waals surface area contributed by atoms with Gasteiger partial charge in [-0.2, -0.15) is 0 Å². The molecule has 1 unspecified atom stereocenters. The van der Waals surface area contributed by atoms with Crippen LogP contribution in [0.25, 0.3) is 0 Å². The summed E-state index contributed by atoms with van der Waals surface area (Å²) in [5.41, 5.74) is 3.41. The van der Waals surface area contributed by atoms with Gasteiger partial charge < -0.3 is 14.6 Å². The Morgan fingerprint density at radius 2 is 2.07 bits per heavy atom. The number of nitrogens with zero attached hydrogens (tertiary/aromatic N) is 1. The topological polar surface area (TPSA) is 91.7 Å². The van der Waals surface area contributed by atoms with Gasteiger partial charge in [0.15, 0.2) is 0 Å². The van der Waals surface area contributed by atoms with E-state index >= 15 is 0 Å². The Kier molecular flexibility index (Phi) is 4.22. The summed E-state index contributed by atoms with van der Waals surface area (Å²) in [6, 6.07) is 6.90. The first-order valence-corrected chi connectivity index (χ1v) is 9.00. The van der Waals surface area contributed by atoms with Gasteiger partial charge in [0.1, 0.15) is 17.6 Å². The van der Waals surface area contributed by atoms with Gasteiger partial charge in [-0.05, 0) is 44.0 Å². The number of anilines is 1. The molecule has 1 fully saturated rings. The number of fused-ring (bicyclic) bond motifs is 1. The van der Waals surface area contributed by atoms with Crippen molar-refractivity contribution in [1.29, 1.82) is 0 Å². The van der Waals surface area contributed by atoms with Crippen molar-refractivity contribution in [2.24, 2.45) is 0 Å². The number of hydrogen-bond acceptors (Lipinski definition) is 5. The Morgan fingerprint density at radius 3 is 2.78 bits per heavy atom. The highest BCUT2D eigenvalue weighted by Gasteiger charge is 2.39. The maximum Gasteiger partial charge on any atom is 0.255 e. The van der Waals surface area contributed by atoms with Crippen molar-refractivity contribution in [2.75, 3.05) is 5.32 Å². The minimum Gasteiger partial charge on any atom is -0.464 e. The van der Waals surface area contributed by atoms with Gasteiger partial charge >= 0.3 is 0 Å². The van der Waals surface area contributed by atoms with Crippen LogP contribution in [-0.4, -0.2) is 28.7 Å². The van der Waals surface area contributed by atoms with E-state index in [1.54, 1.807) is 11.0 Å². The molecule has 7 nitrogen and oxygen atoms in total. The second-order valence-electron chi connectivity index (χ2n) is 7.04. The first-order chi connectivity index (χ1) is 12.9. The molecule has 27 heavy (non-hydrogen) atoms. The van der Waals surface area contributed by atoms with E-state index in [1.807, 2.05) is 32.0 Å². The minimum atomic E-state index is -0.606. The number of carbonyl (C=O) groups is 3. The van der Waals surface area contributed by atoms with E-state index < -0.39 is 11.9 Å². The van der Waals surface area contributed by atoms with E-state index in [-0.39, 0.29) is 18.2 Å². The molecule has 1 aromatic heterocycles. The van der Waals surface area contributed by atoms with Gasteiger partial charge in [-0.3, -0.25) is 19.7 Å². The highest BCUT2D eigenvalue weighted by molar-refractivity contribution is 6.06. The Hall–Kier alpha value is -3.09. The zero-order chi connectivity index (χ0) is 19.1. The number of carbonyl (C=O) groups excluding carboxylic acids is 3. The standard InChI is InChI=1S/C20H21N3O4/c1-11-8-13(27-12(11)2)9-21-16-5-3-4-14-15(16)10-23(20(14)26)17-6-7-18(24)22-19(17)25/h3-5,8,17,21H,6-7,9-10H2,1-2H3,(H,22,24,25). The Labute approximate surface area is 156 Å². The summed E-state index contributed by atoms with van der Waals surface area (Å²) in [6.45, 7) is 4.78. The van der Waals surface area contributed by atoms with Crippen LogP contribution in [0.2, 0.25) is 0 Å². The number of imide groups is 1. The normalized spacial score (nSPS) is 19.3. The molecular weight excluding hydrogens is 346 g/mol. The number of piperidine rings is 1. The molecule has 1 aromatic carbocycles. The summed E-state index contributed by atoms with van der Waals surface area (Å²) < 4.78 is 5.69. The summed E-state index contributed by atoms with van der Waals surface area (Å²) in [5.74, 6) is 0.862. The predicted molar refractivity (Wildman–Crippen MR) is 98.0 cm³/mol. The monoisotopic (exact) mass is 367 g/mol. The summed E-state index contributed by atoms with van der Waals surface area (Å²) in [7, 11) is 0. The molecule has 7 heteroatoms. The quantitative estimate of drug-likeness (QED) is 0.809. The fourth-order valence-electron chi connectivity index (χ4n) is 3.67. The maximum absolute atomic E-state index is 12.8. The summed E-state index contributed by atoms with van der Waals surface area (Å²) in [5, 5.41) is 5.66. The molecule has 2 aliphatic rings. The van der Waals surface area contributed by atoms with Crippen LogP contribution in [0.15, 0.2) is 28.7 Å². The smallest absolute Gasteiger partial charge is 0.255 e. The molecule has 0 bridgehead atoms. The van der Waals surface area contributed by atoms with Crippen LogP contribution in [0.5, 0.6) is 0 Å². The van der Waals surface area contributed by atoms with Crippen molar-refractivity contribution in [3.63, 3.8) is 0 Å². The highest BCUT2D eigenvalue weighted by Crippen LogP contribution is 2.32. The lowest BCUT2D eigenvalue weighted by Gasteiger charge is -2.29.